The summed E-state index contributed by atoms with van der Waals surface area (Å²) in [7, 11) is 0. The molecule has 0 saturated carbocycles. The summed E-state index contributed by atoms with van der Waals surface area (Å²) in [4.78, 5) is 0. The minimum Gasteiger partial charge on any atom is -0.376 e. The lowest BCUT2D eigenvalue weighted by atomic mass is 10.0. The van der Waals surface area contributed by atoms with Crippen LogP contribution in [0.1, 0.15) is 18.5 Å². The van der Waals surface area contributed by atoms with Crippen molar-refractivity contribution >= 4 is 39.7 Å². The number of para-hydroxylation sites is 1. The molecule has 1 atom stereocenters. The number of rotatable bonds is 3. The molecule has 0 aliphatic heterocycles. The molecule has 0 bridgehead atoms. The molecule has 0 aromatic heterocycles. The van der Waals surface area contributed by atoms with Crippen LogP contribution in [0, 0.1) is 0 Å². The highest BCUT2D eigenvalue weighted by atomic mass is 35.5. The van der Waals surface area contributed by atoms with Crippen molar-refractivity contribution < 1.29 is 0 Å². The van der Waals surface area contributed by atoms with Crippen molar-refractivity contribution in [2.24, 2.45) is 0 Å². The van der Waals surface area contributed by atoms with Crippen LogP contribution >= 0.6 is 23.2 Å². The van der Waals surface area contributed by atoms with E-state index in [4.69, 9.17) is 23.2 Å². The first kappa shape index (κ1) is 14.2. The third-order valence-electron chi connectivity index (χ3n) is 3.60. The summed E-state index contributed by atoms with van der Waals surface area (Å²) >= 11 is 12.4. The van der Waals surface area contributed by atoms with E-state index >= 15 is 0 Å². The molecule has 106 valence electrons. The van der Waals surface area contributed by atoms with Gasteiger partial charge in [0.2, 0.25) is 0 Å². The highest BCUT2D eigenvalue weighted by Crippen LogP contribution is 2.33. The first-order chi connectivity index (χ1) is 10.1. The van der Waals surface area contributed by atoms with Gasteiger partial charge >= 0.3 is 0 Å². The van der Waals surface area contributed by atoms with Gasteiger partial charge in [-0.2, -0.15) is 0 Å². The lowest BCUT2D eigenvalue weighted by Crippen LogP contribution is -2.07. The maximum Gasteiger partial charge on any atom is 0.0723 e. The fraction of sp³-hybridized carbons (Fsp3) is 0.111. The number of hydrogen-bond acceptors (Lipinski definition) is 1. The zero-order chi connectivity index (χ0) is 14.8. The van der Waals surface area contributed by atoms with Gasteiger partial charge < -0.3 is 5.32 Å². The van der Waals surface area contributed by atoms with Gasteiger partial charge in [0.15, 0.2) is 0 Å². The number of fused-ring (bicyclic) bond motifs is 1. The van der Waals surface area contributed by atoms with Gasteiger partial charge in [-0.15, -0.1) is 0 Å². The monoisotopic (exact) mass is 315 g/mol. The van der Waals surface area contributed by atoms with Crippen LogP contribution in [0.3, 0.4) is 0 Å². The normalized spacial score (nSPS) is 12.3. The summed E-state index contributed by atoms with van der Waals surface area (Å²) < 4.78 is 0. The molecule has 3 aromatic carbocycles. The van der Waals surface area contributed by atoms with Gasteiger partial charge in [-0.05, 0) is 41.5 Å². The summed E-state index contributed by atoms with van der Waals surface area (Å²) in [6, 6.07) is 20.4. The SMILES string of the molecule is CC(Nc1c(Cl)cccc1Cl)c1ccc2ccccc2c1. The average molecular weight is 316 g/mol. The third-order valence-corrected chi connectivity index (χ3v) is 4.23. The molecule has 1 unspecified atom stereocenters. The van der Waals surface area contributed by atoms with Crippen molar-refractivity contribution in [3.63, 3.8) is 0 Å². The van der Waals surface area contributed by atoms with Crippen LogP contribution in [0.15, 0.2) is 60.7 Å². The first-order valence-corrected chi connectivity index (χ1v) is 7.60. The predicted molar refractivity (Wildman–Crippen MR) is 92.4 cm³/mol. The second-order valence-electron chi connectivity index (χ2n) is 5.07. The van der Waals surface area contributed by atoms with Gasteiger partial charge in [0.25, 0.3) is 0 Å². The van der Waals surface area contributed by atoms with E-state index in [2.05, 4.69) is 48.6 Å². The molecule has 3 heteroatoms. The van der Waals surface area contributed by atoms with Crippen molar-refractivity contribution in [2.45, 2.75) is 13.0 Å². The van der Waals surface area contributed by atoms with Gasteiger partial charge in [-0.3, -0.25) is 0 Å². The predicted octanol–water partition coefficient (Wildman–Crippen LogP) is 6.32. The molecule has 0 spiro atoms. The van der Waals surface area contributed by atoms with E-state index in [1.54, 1.807) is 0 Å². The van der Waals surface area contributed by atoms with E-state index in [-0.39, 0.29) is 6.04 Å². The Morgan fingerprint density at radius 3 is 2.19 bits per heavy atom. The van der Waals surface area contributed by atoms with Crippen molar-refractivity contribution in [3.8, 4) is 0 Å². The zero-order valence-corrected chi connectivity index (χ0v) is 13.1. The molecule has 3 rings (SSSR count). The van der Waals surface area contributed by atoms with Crippen molar-refractivity contribution in [3.05, 3.63) is 76.3 Å². The fourth-order valence-corrected chi connectivity index (χ4v) is 2.92. The Balaban J connectivity index is 1.91. The first-order valence-electron chi connectivity index (χ1n) is 6.84. The summed E-state index contributed by atoms with van der Waals surface area (Å²) in [6.07, 6.45) is 0. The van der Waals surface area contributed by atoms with E-state index in [0.29, 0.717) is 10.0 Å². The minimum absolute atomic E-state index is 0.118. The molecule has 0 amide bonds. The molecule has 0 heterocycles. The largest absolute Gasteiger partial charge is 0.376 e. The highest BCUT2D eigenvalue weighted by Gasteiger charge is 2.11. The summed E-state index contributed by atoms with van der Waals surface area (Å²) in [5.41, 5.74) is 1.98. The average Bonchev–Trinajstić information content (AvgIpc) is 2.50. The van der Waals surface area contributed by atoms with Crippen LogP contribution < -0.4 is 5.32 Å². The molecule has 3 aromatic rings. The molecule has 1 N–H and O–H groups in total. The molecule has 21 heavy (non-hydrogen) atoms. The highest BCUT2D eigenvalue weighted by molar-refractivity contribution is 6.39. The van der Waals surface area contributed by atoms with Crippen LogP contribution in [0.4, 0.5) is 5.69 Å². The molecule has 0 saturated heterocycles. The van der Waals surface area contributed by atoms with Crippen LogP contribution in [-0.2, 0) is 0 Å². The lowest BCUT2D eigenvalue weighted by Gasteiger charge is -2.18. The topological polar surface area (TPSA) is 12.0 Å². The smallest absolute Gasteiger partial charge is 0.0723 e. The van der Waals surface area contributed by atoms with Crippen LogP contribution in [0.5, 0.6) is 0 Å². The second kappa shape index (κ2) is 5.97. The van der Waals surface area contributed by atoms with Crippen LogP contribution in [0.25, 0.3) is 10.8 Å². The lowest BCUT2D eigenvalue weighted by molar-refractivity contribution is 0.887. The Morgan fingerprint density at radius 2 is 1.48 bits per heavy atom. The molecule has 0 fully saturated rings. The van der Waals surface area contributed by atoms with E-state index in [1.165, 1.54) is 16.3 Å². The van der Waals surface area contributed by atoms with E-state index in [9.17, 15) is 0 Å². The Hall–Kier alpha value is -1.70. The standard InChI is InChI=1S/C18H15Cl2N/c1-12(21-18-16(19)7-4-8-17(18)20)14-10-9-13-5-2-3-6-15(13)11-14/h2-12,21H,1H3. The third kappa shape index (κ3) is 2.99. The van der Waals surface area contributed by atoms with Gasteiger partial charge in [-0.25, -0.2) is 0 Å². The Labute approximate surface area is 134 Å². The van der Waals surface area contributed by atoms with Gasteiger partial charge in [0, 0.05) is 6.04 Å². The van der Waals surface area contributed by atoms with Gasteiger partial charge in [0.05, 0.1) is 15.7 Å². The van der Waals surface area contributed by atoms with E-state index in [1.807, 2.05) is 24.3 Å². The minimum atomic E-state index is 0.118. The maximum absolute atomic E-state index is 6.21. The maximum atomic E-state index is 6.21. The number of hydrogen-bond donors (Lipinski definition) is 1. The molecule has 1 nitrogen and oxygen atoms in total. The quantitative estimate of drug-likeness (QED) is 0.596. The molecular formula is C18H15Cl2N. The van der Waals surface area contributed by atoms with Crippen LogP contribution in [0.2, 0.25) is 10.0 Å². The van der Waals surface area contributed by atoms with E-state index < -0.39 is 0 Å². The molecule has 0 aliphatic carbocycles. The van der Waals surface area contributed by atoms with Crippen molar-refractivity contribution in [1.29, 1.82) is 0 Å². The number of anilines is 1. The molecular weight excluding hydrogens is 301 g/mol. The Kier molecular flexibility index (Phi) is 4.05. The van der Waals surface area contributed by atoms with Gasteiger partial charge in [0.1, 0.15) is 0 Å². The summed E-state index contributed by atoms with van der Waals surface area (Å²) in [5, 5.41) is 7.13. The number of benzene rings is 3. The van der Waals surface area contributed by atoms with Crippen LogP contribution in [-0.4, -0.2) is 0 Å². The Bertz CT molecular complexity index is 763. The Morgan fingerprint density at radius 1 is 0.810 bits per heavy atom. The number of nitrogens with one attached hydrogen (secondary N) is 1. The van der Waals surface area contributed by atoms with Crippen molar-refractivity contribution in [1.82, 2.24) is 0 Å². The second-order valence-corrected chi connectivity index (χ2v) is 5.88. The summed E-state index contributed by atoms with van der Waals surface area (Å²) in [6.45, 7) is 2.10. The van der Waals surface area contributed by atoms with E-state index in [0.717, 1.165) is 5.69 Å². The van der Waals surface area contributed by atoms with Gasteiger partial charge in [-0.1, -0.05) is 65.7 Å². The molecule has 0 radical (unpaired) electrons. The summed E-state index contributed by atoms with van der Waals surface area (Å²) in [5.74, 6) is 0. The molecule has 0 aliphatic rings. The number of halogens is 2. The zero-order valence-electron chi connectivity index (χ0n) is 11.6. The van der Waals surface area contributed by atoms with Crippen molar-refractivity contribution in [2.75, 3.05) is 5.32 Å². The fourth-order valence-electron chi connectivity index (χ4n) is 2.41.